The number of ether oxygens (including phenoxy) is 6. The largest absolute Gasteiger partial charge is 0.473 e. The first-order chi connectivity index (χ1) is 32.4. The molecule has 0 radical (unpaired) electrons. The topological polar surface area (TPSA) is 157 Å². The molecule has 0 bridgehead atoms. The monoisotopic (exact) mass is 964 g/mol. The zero-order valence-corrected chi connectivity index (χ0v) is 34.4. The van der Waals surface area contributed by atoms with Crippen LogP contribution in [0, 0.1) is 23.3 Å². The predicted octanol–water partition coefficient (Wildman–Crippen LogP) is 6.97. The molecule has 10 rings (SSSR count). The average Bonchev–Trinajstić information content (AvgIpc) is 4.09. The van der Waals surface area contributed by atoms with Gasteiger partial charge in [-0.25, -0.2) is 27.2 Å². The minimum Gasteiger partial charge on any atom is -0.473 e. The van der Waals surface area contributed by atoms with E-state index in [4.69, 9.17) is 28.4 Å². The summed E-state index contributed by atoms with van der Waals surface area (Å²) in [6, 6.07) is 9.88. The molecule has 2 atom stereocenters. The highest BCUT2D eigenvalue weighted by Crippen LogP contribution is 2.36. The molecule has 4 aliphatic heterocycles. The van der Waals surface area contributed by atoms with Crippen LogP contribution in [0.1, 0.15) is 22.5 Å². The van der Waals surface area contributed by atoms with Crippen molar-refractivity contribution in [2.45, 2.75) is 51.1 Å². The Hall–Kier alpha value is -7.48. The van der Waals surface area contributed by atoms with Crippen LogP contribution in [0.2, 0.25) is 0 Å². The van der Waals surface area contributed by atoms with Crippen molar-refractivity contribution in [1.82, 2.24) is 29.1 Å². The number of pyridine rings is 2. The molecule has 2 unspecified atom stereocenters. The molecule has 2 saturated heterocycles. The Morgan fingerprint density at radius 2 is 0.956 bits per heavy atom. The Bertz CT molecular complexity index is 2780. The number of alkyl halides is 6. The van der Waals surface area contributed by atoms with Gasteiger partial charge in [-0.05, 0) is 47.5 Å². The van der Waals surface area contributed by atoms with Crippen molar-refractivity contribution >= 4 is 11.6 Å². The van der Waals surface area contributed by atoms with Crippen LogP contribution >= 0.6 is 0 Å². The number of aromatic nitrogens is 6. The standard InChI is InChI=1S/2C21H15F5N4O4/c2*22-13-5-11(6-14(23)19(13)34-12-1-2-27-15(7-12)21(24,25)26)10-33-16-8-17-29-3-4-32-18(29)9-30(17)20(31)28-16/h2*1-2,5-8,18H,3-4,9-10H2. The molecule has 0 spiro atoms. The Kier molecular flexibility index (Phi) is 12.1. The molecule has 0 amide bonds. The van der Waals surface area contributed by atoms with E-state index in [2.05, 4.69) is 19.9 Å². The van der Waals surface area contributed by atoms with Gasteiger partial charge in [-0.1, -0.05) is 0 Å². The zero-order chi connectivity index (χ0) is 48.1. The summed E-state index contributed by atoms with van der Waals surface area (Å²) in [6.07, 6.45) is -8.33. The Labute approximate surface area is 374 Å². The SMILES string of the molecule is O=c1nc(OCc2cc(F)c(Oc3ccnc(C(F)(F)F)c3)c(F)c2)cc2n1CC1OCCN21.O=c1nc(OCc2cc(F)c(Oc3ccnc(C(F)(F)F)c3)c(F)c2)cc2n1CC1OCCN21. The normalized spacial score (nSPS) is 17.0. The van der Waals surface area contributed by atoms with E-state index in [1.807, 2.05) is 9.80 Å². The van der Waals surface area contributed by atoms with Gasteiger partial charge in [-0.3, -0.25) is 19.1 Å². The number of hydrogen-bond donors (Lipinski definition) is 0. The summed E-state index contributed by atoms with van der Waals surface area (Å²) in [7, 11) is 0. The molecule has 68 heavy (non-hydrogen) atoms. The predicted molar refractivity (Wildman–Crippen MR) is 211 cm³/mol. The first kappa shape index (κ1) is 45.7. The molecule has 4 aliphatic rings. The fourth-order valence-corrected chi connectivity index (χ4v) is 7.49. The molecular formula is C42H30F10N8O8. The molecular weight excluding hydrogens is 934 g/mol. The molecule has 2 fully saturated rings. The maximum absolute atomic E-state index is 14.5. The van der Waals surface area contributed by atoms with Crippen molar-refractivity contribution in [3.05, 3.63) is 140 Å². The molecule has 0 saturated carbocycles. The molecule has 2 aromatic carbocycles. The molecule has 26 heteroatoms. The molecule has 4 aromatic heterocycles. The van der Waals surface area contributed by atoms with Crippen molar-refractivity contribution < 1.29 is 72.3 Å². The quantitative estimate of drug-likeness (QED) is 0.130. The van der Waals surface area contributed by atoms with Crippen LogP contribution in [0.4, 0.5) is 55.5 Å². The fourth-order valence-electron chi connectivity index (χ4n) is 7.49. The lowest BCUT2D eigenvalue weighted by molar-refractivity contribution is -0.142. The van der Waals surface area contributed by atoms with E-state index in [0.29, 0.717) is 63.2 Å². The van der Waals surface area contributed by atoms with Crippen molar-refractivity contribution in [3.8, 4) is 34.8 Å². The molecule has 0 N–H and O–H groups in total. The van der Waals surface area contributed by atoms with Gasteiger partial charge in [-0.15, -0.1) is 0 Å². The number of hydrogen-bond acceptors (Lipinski definition) is 14. The van der Waals surface area contributed by atoms with Crippen molar-refractivity contribution in [2.75, 3.05) is 36.1 Å². The maximum Gasteiger partial charge on any atom is 0.433 e. The van der Waals surface area contributed by atoms with Gasteiger partial charge in [-0.2, -0.15) is 36.3 Å². The van der Waals surface area contributed by atoms with Crippen molar-refractivity contribution in [2.24, 2.45) is 0 Å². The van der Waals surface area contributed by atoms with Gasteiger partial charge < -0.3 is 38.2 Å². The Morgan fingerprint density at radius 1 is 0.574 bits per heavy atom. The second kappa shape index (κ2) is 18.0. The number of nitrogens with zero attached hydrogens (tertiary/aromatic N) is 8. The summed E-state index contributed by atoms with van der Waals surface area (Å²) in [5, 5.41) is 0. The van der Waals surface area contributed by atoms with Crippen LogP contribution in [0.5, 0.6) is 34.8 Å². The number of benzene rings is 2. The summed E-state index contributed by atoms with van der Waals surface area (Å²) in [5.74, 6) is -6.12. The molecule has 0 aliphatic carbocycles. The van der Waals surface area contributed by atoms with Gasteiger partial charge in [0.1, 0.15) is 60.2 Å². The minimum absolute atomic E-state index is 0.0265. The first-order valence-electron chi connectivity index (χ1n) is 20.0. The van der Waals surface area contributed by atoms with Gasteiger partial charge in [0.2, 0.25) is 11.8 Å². The van der Waals surface area contributed by atoms with Crippen LogP contribution in [0.3, 0.4) is 0 Å². The Morgan fingerprint density at radius 3 is 1.32 bits per heavy atom. The lowest BCUT2D eigenvalue weighted by Crippen LogP contribution is -2.25. The van der Waals surface area contributed by atoms with E-state index in [0.717, 1.165) is 48.8 Å². The highest BCUT2D eigenvalue weighted by atomic mass is 19.4. The summed E-state index contributed by atoms with van der Waals surface area (Å²) < 4.78 is 170. The van der Waals surface area contributed by atoms with Gasteiger partial charge in [0.25, 0.3) is 0 Å². The lowest BCUT2D eigenvalue weighted by Gasteiger charge is -2.15. The van der Waals surface area contributed by atoms with E-state index in [1.165, 1.54) is 9.13 Å². The third-order valence-electron chi connectivity index (χ3n) is 10.6. The Balaban J connectivity index is 0.000000170. The van der Waals surface area contributed by atoms with Crippen LogP contribution in [0.25, 0.3) is 0 Å². The van der Waals surface area contributed by atoms with E-state index < -0.39 is 81.4 Å². The van der Waals surface area contributed by atoms with Crippen LogP contribution in [-0.4, -0.2) is 67.8 Å². The van der Waals surface area contributed by atoms with E-state index >= 15 is 0 Å². The summed E-state index contributed by atoms with van der Waals surface area (Å²) in [4.78, 5) is 42.3. The summed E-state index contributed by atoms with van der Waals surface area (Å²) >= 11 is 0. The maximum atomic E-state index is 14.5. The lowest BCUT2D eigenvalue weighted by atomic mass is 10.2. The average molecular weight is 965 g/mol. The fraction of sp³-hybridized carbons (Fsp3) is 0.286. The van der Waals surface area contributed by atoms with Crippen LogP contribution in [-0.2, 0) is 48.1 Å². The van der Waals surface area contributed by atoms with Crippen molar-refractivity contribution in [1.29, 1.82) is 0 Å². The van der Waals surface area contributed by atoms with E-state index in [9.17, 15) is 53.5 Å². The van der Waals surface area contributed by atoms with Gasteiger partial charge in [0.05, 0.1) is 26.3 Å². The third-order valence-corrected chi connectivity index (χ3v) is 10.6. The first-order valence-corrected chi connectivity index (χ1v) is 20.0. The zero-order valence-electron chi connectivity index (χ0n) is 34.4. The number of halogens is 10. The molecule has 8 heterocycles. The third kappa shape index (κ3) is 9.53. The van der Waals surface area contributed by atoms with Gasteiger partial charge >= 0.3 is 23.7 Å². The van der Waals surface area contributed by atoms with Gasteiger partial charge in [0.15, 0.2) is 34.8 Å². The molecule has 356 valence electrons. The second-order valence-corrected chi connectivity index (χ2v) is 15.0. The number of rotatable bonds is 10. The van der Waals surface area contributed by atoms with Crippen LogP contribution in [0.15, 0.2) is 82.6 Å². The highest BCUT2D eigenvalue weighted by Gasteiger charge is 2.38. The second-order valence-electron chi connectivity index (χ2n) is 15.0. The smallest absolute Gasteiger partial charge is 0.433 e. The highest BCUT2D eigenvalue weighted by molar-refractivity contribution is 5.48. The summed E-state index contributed by atoms with van der Waals surface area (Å²) in [5.41, 5.74) is -3.50. The summed E-state index contributed by atoms with van der Waals surface area (Å²) in [6.45, 7) is 2.32. The van der Waals surface area contributed by atoms with E-state index in [-0.39, 0.29) is 48.6 Å². The number of anilines is 2. The molecule has 6 aromatic rings. The molecule has 16 nitrogen and oxygen atoms in total. The minimum atomic E-state index is -4.74. The number of fused-ring (bicyclic) bond motifs is 6. The van der Waals surface area contributed by atoms with Crippen molar-refractivity contribution in [3.63, 3.8) is 0 Å². The van der Waals surface area contributed by atoms with Crippen LogP contribution < -0.4 is 40.1 Å². The van der Waals surface area contributed by atoms with E-state index in [1.54, 1.807) is 12.1 Å². The van der Waals surface area contributed by atoms with Gasteiger partial charge in [0, 0.05) is 49.7 Å².